The highest BCUT2D eigenvalue weighted by Gasteiger charge is 2.40. The van der Waals surface area contributed by atoms with E-state index in [9.17, 15) is 9.59 Å². The van der Waals surface area contributed by atoms with Crippen molar-refractivity contribution in [1.82, 2.24) is 5.32 Å². The minimum absolute atomic E-state index is 0.0221. The fourth-order valence-corrected chi connectivity index (χ4v) is 3.63. The molecule has 0 spiro atoms. The lowest BCUT2D eigenvalue weighted by Gasteiger charge is -2.37. The Hall–Kier alpha value is -1.90. The van der Waals surface area contributed by atoms with Crippen molar-refractivity contribution in [1.29, 1.82) is 0 Å². The van der Waals surface area contributed by atoms with E-state index in [2.05, 4.69) is 50.4 Å². The van der Waals surface area contributed by atoms with Crippen molar-refractivity contribution in [2.75, 3.05) is 0 Å². The molecule has 0 unspecified atom stereocenters. The van der Waals surface area contributed by atoms with E-state index in [0.717, 1.165) is 29.7 Å². The standard InChI is InChI=1S/C19H23NO2/c1-4-12-5-7-13(8-6-12)14-9-17(22)20-15-10-19(2,3)11-16(21)18(14)15/h5-8,14H,4,9-11H2,1-3H3,(H,20,22)/t14-/m1/s1. The Morgan fingerprint density at radius 1 is 1.14 bits per heavy atom. The summed E-state index contributed by atoms with van der Waals surface area (Å²) >= 11 is 0. The Balaban J connectivity index is 2.02. The van der Waals surface area contributed by atoms with Crippen molar-refractivity contribution in [3.8, 4) is 0 Å². The van der Waals surface area contributed by atoms with Crippen LogP contribution in [0.4, 0.5) is 0 Å². The summed E-state index contributed by atoms with van der Waals surface area (Å²) in [6.07, 6.45) is 2.69. The van der Waals surface area contributed by atoms with Crippen LogP contribution in [-0.4, -0.2) is 11.7 Å². The van der Waals surface area contributed by atoms with Crippen LogP contribution >= 0.6 is 0 Å². The maximum Gasteiger partial charge on any atom is 0.225 e. The Kier molecular flexibility index (Phi) is 3.67. The third-order valence-electron chi connectivity index (χ3n) is 4.74. The van der Waals surface area contributed by atoms with Crippen LogP contribution in [0.3, 0.4) is 0 Å². The number of Topliss-reactive ketones (excluding diaryl/α,β-unsaturated/α-hetero) is 1. The molecule has 1 N–H and O–H groups in total. The molecule has 3 heteroatoms. The second kappa shape index (κ2) is 5.38. The number of benzene rings is 1. The van der Waals surface area contributed by atoms with Gasteiger partial charge in [-0.15, -0.1) is 0 Å². The predicted molar refractivity (Wildman–Crippen MR) is 86.4 cm³/mol. The zero-order chi connectivity index (χ0) is 15.9. The Morgan fingerprint density at radius 3 is 2.45 bits per heavy atom. The van der Waals surface area contributed by atoms with E-state index in [1.165, 1.54) is 5.56 Å². The molecule has 1 atom stereocenters. The maximum absolute atomic E-state index is 12.6. The highest BCUT2D eigenvalue weighted by atomic mass is 16.2. The van der Waals surface area contributed by atoms with Crippen molar-refractivity contribution >= 4 is 11.7 Å². The van der Waals surface area contributed by atoms with Crippen LogP contribution in [0.1, 0.15) is 57.1 Å². The molecule has 1 aliphatic heterocycles. The number of aryl methyl sites for hydroxylation is 1. The van der Waals surface area contributed by atoms with Gasteiger partial charge in [-0.05, 0) is 29.4 Å². The Labute approximate surface area is 131 Å². The van der Waals surface area contributed by atoms with Gasteiger partial charge in [0.25, 0.3) is 0 Å². The van der Waals surface area contributed by atoms with Gasteiger partial charge in [-0.2, -0.15) is 0 Å². The number of carbonyl (C=O) groups excluding carboxylic acids is 2. The molecule has 0 saturated heterocycles. The molecular weight excluding hydrogens is 274 g/mol. The molecule has 0 aromatic heterocycles. The molecule has 3 rings (SSSR count). The molecule has 1 aliphatic carbocycles. The number of allylic oxidation sites excluding steroid dienone is 2. The first kappa shape index (κ1) is 15.0. The lowest BCUT2D eigenvalue weighted by atomic mass is 9.70. The molecule has 116 valence electrons. The fraction of sp³-hybridized carbons (Fsp3) is 0.474. The average molecular weight is 297 g/mol. The van der Waals surface area contributed by atoms with Gasteiger partial charge in [0.15, 0.2) is 5.78 Å². The first-order chi connectivity index (χ1) is 10.4. The first-order valence-electron chi connectivity index (χ1n) is 8.04. The quantitative estimate of drug-likeness (QED) is 0.908. The minimum Gasteiger partial charge on any atom is -0.329 e. The van der Waals surface area contributed by atoms with Gasteiger partial charge in [-0.25, -0.2) is 0 Å². The summed E-state index contributed by atoms with van der Waals surface area (Å²) in [4.78, 5) is 24.7. The van der Waals surface area contributed by atoms with E-state index < -0.39 is 0 Å². The third-order valence-corrected chi connectivity index (χ3v) is 4.74. The molecule has 1 amide bonds. The van der Waals surface area contributed by atoms with E-state index in [0.29, 0.717) is 12.8 Å². The smallest absolute Gasteiger partial charge is 0.225 e. The van der Waals surface area contributed by atoms with Gasteiger partial charge in [0.1, 0.15) is 0 Å². The van der Waals surface area contributed by atoms with Crippen molar-refractivity contribution in [3.05, 3.63) is 46.7 Å². The van der Waals surface area contributed by atoms with Crippen molar-refractivity contribution < 1.29 is 9.59 Å². The number of amides is 1. The number of nitrogens with one attached hydrogen (secondary N) is 1. The lowest BCUT2D eigenvalue weighted by Crippen LogP contribution is -2.40. The number of hydrogen-bond acceptors (Lipinski definition) is 2. The van der Waals surface area contributed by atoms with Crippen LogP contribution in [0.25, 0.3) is 0 Å². The van der Waals surface area contributed by atoms with Gasteiger partial charge < -0.3 is 5.32 Å². The number of ketones is 1. The molecule has 0 fully saturated rings. The highest BCUT2D eigenvalue weighted by Crippen LogP contribution is 2.43. The monoisotopic (exact) mass is 297 g/mol. The Bertz CT molecular complexity index is 653. The molecule has 1 heterocycles. The molecule has 1 aromatic carbocycles. The van der Waals surface area contributed by atoms with E-state index >= 15 is 0 Å². The summed E-state index contributed by atoms with van der Waals surface area (Å²) in [5, 5.41) is 2.95. The van der Waals surface area contributed by atoms with E-state index in [-0.39, 0.29) is 23.0 Å². The van der Waals surface area contributed by atoms with Crippen LogP contribution < -0.4 is 5.32 Å². The zero-order valence-corrected chi connectivity index (χ0v) is 13.5. The van der Waals surface area contributed by atoms with Crippen molar-refractivity contribution in [2.45, 2.75) is 52.4 Å². The fourth-order valence-electron chi connectivity index (χ4n) is 3.63. The molecule has 3 nitrogen and oxygen atoms in total. The molecule has 0 saturated carbocycles. The van der Waals surface area contributed by atoms with Crippen LogP contribution in [-0.2, 0) is 16.0 Å². The van der Waals surface area contributed by atoms with Gasteiger partial charge in [0.05, 0.1) is 0 Å². The SMILES string of the molecule is CCc1ccc([C@H]2CC(=O)NC3=C2C(=O)CC(C)(C)C3)cc1. The molecule has 2 aliphatic rings. The van der Waals surface area contributed by atoms with Gasteiger partial charge in [-0.3, -0.25) is 9.59 Å². The molecule has 22 heavy (non-hydrogen) atoms. The molecule has 1 aromatic rings. The number of carbonyl (C=O) groups is 2. The second-order valence-electron chi connectivity index (χ2n) is 7.23. The lowest BCUT2D eigenvalue weighted by molar-refractivity contribution is -0.122. The topological polar surface area (TPSA) is 46.2 Å². The van der Waals surface area contributed by atoms with Crippen LogP contribution in [0.5, 0.6) is 0 Å². The third kappa shape index (κ3) is 2.72. The van der Waals surface area contributed by atoms with Gasteiger partial charge in [-0.1, -0.05) is 45.0 Å². The normalized spacial score (nSPS) is 24.0. The molecule has 0 bridgehead atoms. The van der Waals surface area contributed by atoms with Crippen LogP contribution in [0.15, 0.2) is 35.5 Å². The second-order valence-corrected chi connectivity index (χ2v) is 7.23. The summed E-state index contributed by atoms with van der Waals surface area (Å²) in [5.41, 5.74) is 3.96. The average Bonchev–Trinajstić information content (AvgIpc) is 2.44. The van der Waals surface area contributed by atoms with Crippen molar-refractivity contribution in [3.63, 3.8) is 0 Å². The van der Waals surface area contributed by atoms with Crippen LogP contribution in [0, 0.1) is 5.41 Å². The van der Waals surface area contributed by atoms with Gasteiger partial charge in [0.2, 0.25) is 5.91 Å². The summed E-state index contributed by atoms with van der Waals surface area (Å²) in [6, 6.07) is 8.33. The molecular formula is C19H23NO2. The van der Waals surface area contributed by atoms with E-state index in [1.54, 1.807) is 0 Å². The number of hydrogen-bond donors (Lipinski definition) is 1. The van der Waals surface area contributed by atoms with Gasteiger partial charge >= 0.3 is 0 Å². The summed E-state index contributed by atoms with van der Waals surface area (Å²) in [6.45, 7) is 6.29. The van der Waals surface area contributed by atoms with E-state index in [4.69, 9.17) is 0 Å². The maximum atomic E-state index is 12.6. The minimum atomic E-state index is -0.0849. The number of rotatable bonds is 2. The largest absolute Gasteiger partial charge is 0.329 e. The van der Waals surface area contributed by atoms with Crippen LogP contribution in [0.2, 0.25) is 0 Å². The summed E-state index contributed by atoms with van der Waals surface area (Å²) in [7, 11) is 0. The zero-order valence-electron chi connectivity index (χ0n) is 13.5. The Morgan fingerprint density at radius 2 is 1.82 bits per heavy atom. The van der Waals surface area contributed by atoms with Crippen molar-refractivity contribution in [2.24, 2.45) is 5.41 Å². The summed E-state index contributed by atoms with van der Waals surface area (Å²) in [5.74, 6) is 0.128. The summed E-state index contributed by atoms with van der Waals surface area (Å²) < 4.78 is 0. The first-order valence-corrected chi connectivity index (χ1v) is 8.04. The van der Waals surface area contributed by atoms with Gasteiger partial charge in [0, 0.05) is 30.0 Å². The molecule has 0 radical (unpaired) electrons. The highest BCUT2D eigenvalue weighted by molar-refractivity contribution is 6.02. The predicted octanol–water partition coefficient (Wildman–Crippen LogP) is 3.50. The van der Waals surface area contributed by atoms with E-state index in [1.807, 2.05) is 0 Å².